The third-order valence-electron chi connectivity index (χ3n) is 3.68. The topological polar surface area (TPSA) is 131 Å². The second-order valence-electron chi connectivity index (χ2n) is 5.11. The van der Waals surface area contributed by atoms with Gasteiger partial charge in [-0.15, -0.1) is 0 Å². The standard InChI is InChI=1S/C14H16N6O3/c1-19-11-10(12(22)17-14(19)23)20(13(16-11)18-15)7-9(21)8-5-3-2-4-6-8/h2-6,9,21H,7,15H2,1H3,(H,16,18)(H,17,22,23)/t9-/m1/s1. The van der Waals surface area contributed by atoms with E-state index in [1.807, 2.05) is 18.2 Å². The van der Waals surface area contributed by atoms with Crippen LogP contribution in [0.4, 0.5) is 5.95 Å². The highest BCUT2D eigenvalue weighted by atomic mass is 16.3. The number of nitrogens with two attached hydrogens (primary N) is 1. The minimum absolute atomic E-state index is 0.0569. The van der Waals surface area contributed by atoms with Crippen molar-refractivity contribution >= 4 is 17.1 Å². The maximum absolute atomic E-state index is 12.1. The summed E-state index contributed by atoms with van der Waals surface area (Å²) in [6.07, 6.45) is -0.864. The molecule has 0 spiro atoms. The van der Waals surface area contributed by atoms with Crippen LogP contribution in [0.1, 0.15) is 11.7 Å². The number of hydrogen-bond donors (Lipinski definition) is 4. The number of fused-ring (bicyclic) bond motifs is 1. The van der Waals surface area contributed by atoms with Gasteiger partial charge in [-0.05, 0) is 5.56 Å². The number of aliphatic hydroxyl groups excluding tert-OH is 1. The number of nitrogens with zero attached hydrogens (tertiary/aromatic N) is 3. The summed E-state index contributed by atoms with van der Waals surface area (Å²) in [4.78, 5) is 30.2. The number of aryl methyl sites for hydroxylation is 1. The Bertz CT molecular complexity index is 956. The van der Waals surface area contributed by atoms with Crippen molar-refractivity contribution in [2.45, 2.75) is 12.6 Å². The van der Waals surface area contributed by atoms with Crippen LogP contribution < -0.4 is 22.5 Å². The first-order valence-corrected chi connectivity index (χ1v) is 6.92. The SMILES string of the molecule is Cn1c(=O)[nH]c(=O)c2c1nc(NN)n2C[C@@H](O)c1ccccc1. The zero-order valence-electron chi connectivity index (χ0n) is 12.4. The van der Waals surface area contributed by atoms with Gasteiger partial charge in [0, 0.05) is 7.05 Å². The average Bonchev–Trinajstić information content (AvgIpc) is 2.92. The van der Waals surface area contributed by atoms with Crippen LogP contribution in [0.2, 0.25) is 0 Å². The Balaban J connectivity index is 2.15. The summed E-state index contributed by atoms with van der Waals surface area (Å²) in [5.41, 5.74) is 2.27. The third-order valence-corrected chi connectivity index (χ3v) is 3.68. The molecule has 23 heavy (non-hydrogen) atoms. The number of benzene rings is 1. The minimum Gasteiger partial charge on any atom is -0.387 e. The van der Waals surface area contributed by atoms with Crippen molar-refractivity contribution in [2.75, 3.05) is 5.43 Å². The molecule has 3 aromatic rings. The zero-order chi connectivity index (χ0) is 16.6. The van der Waals surface area contributed by atoms with Gasteiger partial charge in [-0.25, -0.2) is 10.6 Å². The van der Waals surface area contributed by atoms with Crippen LogP contribution in [0, 0.1) is 0 Å². The molecule has 0 aliphatic heterocycles. The van der Waals surface area contributed by atoms with E-state index >= 15 is 0 Å². The number of nitrogen functional groups attached to an aromatic ring is 1. The Morgan fingerprint density at radius 3 is 2.70 bits per heavy atom. The molecule has 9 nitrogen and oxygen atoms in total. The number of imidazole rings is 1. The zero-order valence-corrected chi connectivity index (χ0v) is 12.4. The minimum atomic E-state index is -0.864. The lowest BCUT2D eigenvalue weighted by molar-refractivity contribution is 0.158. The van der Waals surface area contributed by atoms with Gasteiger partial charge < -0.3 is 9.67 Å². The van der Waals surface area contributed by atoms with Gasteiger partial charge in [-0.3, -0.25) is 19.8 Å². The van der Waals surface area contributed by atoms with E-state index in [1.165, 1.54) is 16.2 Å². The molecule has 1 aromatic carbocycles. The first kappa shape index (κ1) is 15.0. The van der Waals surface area contributed by atoms with E-state index in [2.05, 4.69) is 15.4 Å². The third kappa shape index (κ3) is 2.51. The molecule has 0 radical (unpaired) electrons. The number of aromatic amines is 1. The van der Waals surface area contributed by atoms with Gasteiger partial charge in [-0.2, -0.15) is 4.98 Å². The molecule has 0 bridgehead atoms. The molecular weight excluding hydrogens is 300 g/mol. The van der Waals surface area contributed by atoms with Crippen LogP contribution >= 0.6 is 0 Å². The summed E-state index contributed by atoms with van der Waals surface area (Å²) in [6, 6.07) is 9.02. The van der Waals surface area contributed by atoms with Crippen LogP contribution in [0.5, 0.6) is 0 Å². The van der Waals surface area contributed by atoms with Crippen molar-refractivity contribution in [2.24, 2.45) is 12.9 Å². The summed E-state index contributed by atoms with van der Waals surface area (Å²) < 4.78 is 2.66. The molecule has 9 heteroatoms. The van der Waals surface area contributed by atoms with Gasteiger partial charge in [-0.1, -0.05) is 30.3 Å². The van der Waals surface area contributed by atoms with Crippen molar-refractivity contribution < 1.29 is 5.11 Å². The molecule has 1 atom stereocenters. The van der Waals surface area contributed by atoms with Gasteiger partial charge in [0.05, 0.1) is 12.6 Å². The van der Waals surface area contributed by atoms with Crippen molar-refractivity contribution in [1.82, 2.24) is 19.1 Å². The Hall–Kier alpha value is -2.91. The molecule has 0 saturated heterocycles. The molecule has 2 aromatic heterocycles. The largest absolute Gasteiger partial charge is 0.387 e. The number of hydrogen-bond acceptors (Lipinski definition) is 6. The monoisotopic (exact) mass is 316 g/mol. The number of rotatable bonds is 4. The highest BCUT2D eigenvalue weighted by Crippen LogP contribution is 2.20. The van der Waals surface area contributed by atoms with Gasteiger partial charge >= 0.3 is 5.69 Å². The van der Waals surface area contributed by atoms with Crippen LogP contribution in [0.25, 0.3) is 11.2 Å². The molecule has 0 saturated carbocycles. The fourth-order valence-corrected chi connectivity index (χ4v) is 2.48. The first-order chi connectivity index (χ1) is 11.0. The summed E-state index contributed by atoms with van der Waals surface area (Å²) in [5.74, 6) is 5.63. The Morgan fingerprint density at radius 2 is 2.04 bits per heavy atom. The van der Waals surface area contributed by atoms with E-state index in [9.17, 15) is 14.7 Å². The molecule has 0 amide bonds. The number of hydrazine groups is 1. The van der Waals surface area contributed by atoms with E-state index in [-0.39, 0.29) is 23.7 Å². The number of nitrogens with one attached hydrogen (secondary N) is 2. The number of aliphatic hydroxyl groups is 1. The van der Waals surface area contributed by atoms with Crippen molar-refractivity contribution in [1.29, 1.82) is 0 Å². The normalized spacial score (nSPS) is 12.5. The lowest BCUT2D eigenvalue weighted by Gasteiger charge is -2.14. The predicted molar refractivity (Wildman–Crippen MR) is 84.8 cm³/mol. The van der Waals surface area contributed by atoms with Crippen molar-refractivity contribution in [3.63, 3.8) is 0 Å². The summed E-state index contributed by atoms with van der Waals surface area (Å²) >= 11 is 0. The number of aromatic nitrogens is 4. The highest BCUT2D eigenvalue weighted by Gasteiger charge is 2.19. The van der Waals surface area contributed by atoms with E-state index in [4.69, 9.17) is 5.84 Å². The predicted octanol–water partition coefficient (Wildman–Crippen LogP) is -0.557. The molecule has 2 heterocycles. The molecule has 120 valence electrons. The smallest absolute Gasteiger partial charge is 0.329 e. The Morgan fingerprint density at radius 1 is 1.35 bits per heavy atom. The number of anilines is 1. The van der Waals surface area contributed by atoms with Crippen LogP contribution in [-0.4, -0.2) is 24.2 Å². The second kappa shape index (κ2) is 5.71. The van der Waals surface area contributed by atoms with Gasteiger partial charge in [0.2, 0.25) is 5.95 Å². The summed E-state index contributed by atoms with van der Waals surface area (Å²) in [6.45, 7) is 0.0569. The van der Waals surface area contributed by atoms with E-state index in [0.29, 0.717) is 5.56 Å². The van der Waals surface area contributed by atoms with E-state index < -0.39 is 17.4 Å². The van der Waals surface area contributed by atoms with E-state index in [1.54, 1.807) is 12.1 Å². The van der Waals surface area contributed by atoms with Gasteiger partial charge in [0.25, 0.3) is 5.56 Å². The maximum Gasteiger partial charge on any atom is 0.329 e. The molecular formula is C14H16N6O3. The lowest BCUT2D eigenvalue weighted by Crippen LogP contribution is -2.29. The molecule has 5 N–H and O–H groups in total. The fraction of sp³-hybridized carbons (Fsp3) is 0.214. The maximum atomic E-state index is 12.1. The summed E-state index contributed by atoms with van der Waals surface area (Å²) in [7, 11) is 1.49. The highest BCUT2D eigenvalue weighted by molar-refractivity contribution is 5.74. The molecule has 0 unspecified atom stereocenters. The molecule has 3 rings (SSSR count). The Kier molecular flexibility index (Phi) is 3.72. The van der Waals surface area contributed by atoms with Gasteiger partial charge in [0.15, 0.2) is 11.2 Å². The summed E-state index contributed by atoms with van der Waals surface area (Å²) in [5, 5.41) is 10.4. The van der Waals surface area contributed by atoms with Crippen LogP contribution in [-0.2, 0) is 13.6 Å². The second-order valence-corrected chi connectivity index (χ2v) is 5.11. The first-order valence-electron chi connectivity index (χ1n) is 6.92. The van der Waals surface area contributed by atoms with Crippen molar-refractivity contribution in [3.8, 4) is 0 Å². The number of H-pyrrole nitrogens is 1. The molecule has 0 aliphatic carbocycles. The van der Waals surface area contributed by atoms with Crippen molar-refractivity contribution in [3.05, 3.63) is 56.7 Å². The fourth-order valence-electron chi connectivity index (χ4n) is 2.48. The quantitative estimate of drug-likeness (QED) is 0.377. The average molecular weight is 316 g/mol. The van der Waals surface area contributed by atoms with Crippen LogP contribution in [0.15, 0.2) is 39.9 Å². The molecule has 0 fully saturated rings. The Labute approximate surface area is 130 Å². The van der Waals surface area contributed by atoms with E-state index in [0.717, 1.165) is 0 Å². The van der Waals surface area contributed by atoms with Gasteiger partial charge in [0.1, 0.15) is 0 Å². The van der Waals surface area contributed by atoms with Crippen LogP contribution in [0.3, 0.4) is 0 Å². The lowest BCUT2D eigenvalue weighted by atomic mass is 10.1. The molecule has 0 aliphatic rings.